The molecule has 29 heavy (non-hydrogen) atoms. The Morgan fingerprint density at radius 3 is 1.86 bits per heavy atom. The molecule has 0 spiro atoms. The minimum atomic E-state index is -0.353. The third-order valence-corrected chi connectivity index (χ3v) is 5.35. The molecule has 0 aliphatic rings. The lowest BCUT2D eigenvalue weighted by molar-refractivity contribution is 0.0233. The van der Waals surface area contributed by atoms with Crippen molar-refractivity contribution in [1.82, 2.24) is 0 Å². The standard InChI is InChI=1S/C26H42O3/c1-3-4-5-6-7-8-9-10-11-12-13-14-15-16-17-25(27)23-29-22-24-18-20-26(28-2)21-19-24/h1,18-21,25,27H,4-17,22-23H2,2H3. The quantitative estimate of drug-likeness (QED) is 0.207. The number of terminal acetylenes is 1. The van der Waals surface area contributed by atoms with Gasteiger partial charge in [-0.3, -0.25) is 0 Å². The van der Waals surface area contributed by atoms with Gasteiger partial charge < -0.3 is 14.6 Å². The van der Waals surface area contributed by atoms with Crippen molar-refractivity contribution >= 4 is 0 Å². The molecule has 3 nitrogen and oxygen atoms in total. The number of hydrogen-bond donors (Lipinski definition) is 1. The maximum atomic E-state index is 10.0. The molecule has 0 saturated carbocycles. The average molecular weight is 403 g/mol. The van der Waals surface area contributed by atoms with E-state index in [2.05, 4.69) is 5.92 Å². The molecule has 0 saturated heterocycles. The zero-order valence-corrected chi connectivity index (χ0v) is 18.5. The molecule has 1 rings (SSSR count). The molecule has 1 aromatic rings. The molecule has 1 N–H and O–H groups in total. The van der Waals surface area contributed by atoms with E-state index in [1.807, 2.05) is 24.3 Å². The SMILES string of the molecule is C#CCCCCCCCCCCCCCCC(O)COCc1ccc(OC)cc1. The van der Waals surface area contributed by atoms with Gasteiger partial charge in [0.2, 0.25) is 0 Å². The van der Waals surface area contributed by atoms with Crippen LogP contribution in [0.25, 0.3) is 0 Å². The Kier molecular flexibility index (Phi) is 16.3. The van der Waals surface area contributed by atoms with Crippen molar-refractivity contribution in [2.24, 2.45) is 0 Å². The van der Waals surface area contributed by atoms with Crippen LogP contribution in [0.2, 0.25) is 0 Å². The van der Waals surface area contributed by atoms with Crippen molar-refractivity contribution in [2.75, 3.05) is 13.7 Å². The van der Waals surface area contributed by atoms with Crippen molar-refractivity contribution in [1.29, 1.82) is 0 Å². The molecular weight excluding hydrogens is 360 g/mol. The van der Waals surface area contributed by atoms with Crippen LogP contribution < -0.4 is 4.74 Å². The molecule has 1 aromatic carbocycles. The average Bonchev–Trinajstić information content (AvgIpc) is 2.74. The Balaban J connectivity index is 1.83. The van der Waals surface area contributed by atoms with Gasteiger partial charge in [-0.05, 0) is 30.5 Å². The van der Waals surface area contributed by atoms with E-state index in [1.54, 1.807) is 7.11 Å². The third kappa shape index (κ3) is 15.1. The maximum Gasteiger partial charge on any atom is 0.118 e. The van der Waals surface area contributed by atoms with Gasteiger partial charge in [0.15, 0.2) is 0 Å². The van der Waals surface area contributed by atoms with Crippen LogP contribution in [0.5, 0.6) is 5.75 Å². The van der Waals surface area contributed by atoms with Crippen LogP contribution in [0, 0.1) is 12.3 Å². The second-order valence-electron chi connectivity index (χ2n) is 8.00. The van der Waals surface area contributed by atoms with E-state index < -0.39 is 0 Å². The molecule has 0 heterocycles. The van der Waals surface area contributed by atoms with E-state index in [9.17, 15) is 5.11 Å². The van der Waals surface area contributed by atoms with Crippen LogP contribution in [-0.2, 0) is 11.3 Å². The van der Waals surface area contributed by atoms with Gasteiger partial charge in [-0.25, -0.2) is 0 Å². The third-order valence-electron chi connectivity index (χ3n) is 5.35. The van der Waals surface area contributed by atoms with Gasteiger partial charge in [0.25, 0.3) is 0 Å². The summed E-state index contributed by atoms with van der Waals surface area (Å²) >= 11 is 0. The van der Waals surface area contributed by atoms with E-state index in [-0.39, 0.29) is 6.10 Å². The zero-order chi connectivity index (χ0) is 21.0. The van der Waals surface area contributed by atoms with E-state index in [4.69, 9.17) is 15.9 Å². The molecule has 0 amide bonds. The topological polar surface area (TPSA) is 38.7 Å². The number of benzene rings is 1. The molecule has 0 fully saturated rings. The second-order valence-corrected chi connectivity index (χ2v) is 8.00. The normalized spacial score (nSPS) is 11.9. The molecule has 3 heteroatoms. The lowest BCUT2D eigenvalue weighted by Crippen LogP contribution is -2.15. The molecule has 0 radical (unpaired) electrons. The fraction of sp³-hybridized carbons (Fsp3) is 0.692. The number of aliphatic hydroxyl groups is 1. The number of hydrogen-bond acceptors (Lipinski definition) is 3. The smallest absolute Gasteiger partial charge is 0.118 e. The van der Waals surface area contributed by atoms with Crippen LogP contribution in [0.3, 0.4) is 0 Å². The van der Waals surface area contributed by atoms with E-state index in [0.717, 1.165) is 30.6 Å². The number of unbranched alkanes of at least 4 members (excludes halogenated alkanes) is 12. The second kappa shape index (κ2) is 18.5. The maximum absolute atomic E-state index is 10.0. The lowest BCUT2D eigenvalue weighted by Gasteiger charge is -2.11. The van der Waals surface area contributed by atoms with E-state index in [1.165, 1.54) is 70.6 Å². The first kappa shape index (κ1) is 25.5. The molecule has 0 aliphatic heterocycles. The van der Waals surface area contributed by atoms with Gasteiger partial charge >= 0.3 is 0 Å². The minimum Gasteiger partial charge on any atom is -0.497 e. The minimum absolute atomic E-state index is 0.353. The van der Waals surface area contributed by atoms with Crippen molar-refractivity contribution in [3.05, 3.63) is 29.8 Å². The highest BCUT2D eigenvalue weighted by Gasteiger charge is 2.04. The summed E-state index contributed by atoms with van der Waals surface area (Å²) < 4.78 is 10.8. The van der Waals surface area contributed by atoms with E-state index >= 15 is 0 Å². The highest BCUT2D eigenvalue weighted by atomic mass is 16.5. The summed E-state index contributed by atoms with van der Waals surface area (Å²) in [5.41, 5.74) is 1.10. The van der Waals surface area contributed by atoms with Crippen molar-refractivity contribution in [3.63, 3.8) is 0 Å². The first-order valence-corrected chi connectivity index (χ1v) is 11.6. The van der Waals surface area contributed by atoms with Gasteiger partial charge in [0.05, 0.1) is 26.4 Å². The highest BCUT2D eigenvalue weighted by molar-refractivity contribution is 5.26. The summed E-state index contributed by atoms with van der Waals surface area (Å²) in [6.07, 6.45) is 22.3. The molecule has 1 unspecified atom stereocenters. The summed E-state index contributed by atoms with van der Waals surface area (Å²) in [4.78, 5) is 0. The predicted molar refractivity (Wildman–Crippen MR) is 122 cm³/mol. The summed E-state index contributed by atoms with van der Waals surface area (Å²) in [5, 5.41) is 10.0. The predicted octanol–water partition coefficient (Wildman–Crippen LogP) is 6.67. The van der Waals surface area contributed by atoms with E-state index in [0.29, 0.717) is 13.2 Å². The Morgan fingerprint density at radius 1 is 0.828 bits per heavy atom. The Bertz CT molecular complexity index is 518. The first-order chi connectivity index (χ1) is 14.3. The fourth-order valence-electron chi connectivity index (χ4n) is 3.49. The van der Waals surface area contributed by atoms with Crippen molar-refractivity contribution in [3.8, 4) is 18.1 Å². The van der Waals surface area contributed by atoms with Gasteiger partial charge in [-0.15, -0.1) is 12.3 Å². The van der Waals surface area contributed by atoms with Crippen LogP contribution in [0.4, 0.5) is 0 Å². The number of rotatable bonds is 19. The number of methoxy groups -OCH3 is 1. The summed E-state index contributed by atoms with van der Waals surface area (Å²) in [6, 6.07) is 7.84. The molecule has 0 aromatic heterocycles. The van der Waals surface area contributed by atoms with Crippen LogP contribution in [0.15, 0.2) is 24.3 Å². The number of ether oxygens (including phenoxy) is 2. The van der Waals surface area contributed by atoms with Crippen LogP contribution in [0.1, 0.15) is 95.5 Å². The van der Waals surface area contributed by atoms with Gasteiger partial charge in [-0.2, -0.15) is 0 Å². The molecule has 0 aliphatic carbocycles. The monoisotopic (exact) mass is 402 g/mol. The largest absolute Gasteiger partial charge is 0.497 e. The molecule has 0 bridgehead atoms. The number of aliphatic hydroxyl groups excluding tert-OH is 1. The van der Waals surface area contributed by atoms with Crippen LogP contribution in [-0.4, -0.2) is 24.9 Å². The van der Waals surface area contributed by atoms with Crippen molar-refractivity contribution < 1.29 is 14.6 Å². The first-order valence-electron chi connectivity index (χ1n) is 11.6. The lowest BCUT2D eigenvalue weighted by atomic mass is 10.0. The molecule has 164 valence electrons. The molecular formula is C26H42O3. The zero-order valence-electron chi connectivity index (χ0n) is 18.5. The summed E-state index contributed by atoms with van der Waals surface area (Å²) in [6.45, 7) is 0.945. The van der Waals surface area contributed by atoms with Gasteiger partial charge in [-0.1, -0.05) is 82.8 Å². The summed E-state index contributed by atoms with van der Waals surface area (Å²) in [7, 11) is 1.66. The Hall–Kier alpha value is -1.50. The van der Waals surface area contributed by atoms with Gasteiger partial charge in [0, 0.05) is 6.42 Å². The highest BCUT2D eigenvalue weighted by Crippen LogP contribution is 2.14. The molecule has 1 atom stereocenters. The van der Waals surface area contributed by atoms with Crippen LogP contribution >= 0.6 is 0 Å². The fourth-order valence-corrected chi connectivity index (χ4v) is 3.49. The Labute approximate surface area is 179 Å². The van der Waals surface area contributed by atoms with Crippen molar-refractivity contribution in [2.45, 2.75) is 103 Å². The van der Waals surface area contributed by atoms with Gasteiger partial charge in [0.1, 0.15) is 5.75 Å². The summed E-state index contributed by atoms with van der Waals surface area (Å²) in [5.74, 6) is 3.56. The Morgan fingerprint density at radius 2 is 1.34 bits per heavy atom.